The van der Waals surface area contributed by atoms with Crippen LogP contribution >= 0.6 is 23.1 Å². The molecule has 0 amide bonds. The average molecular weight is 311 g/mol. The number of thioether (sulfide) groups is 1. The van der Waals surface area contributed by atoms with Crippen LogP contribution in [0.15, 0.2) is 6.07 Å². The molecule has 1 aromatic heterocycles. The molecule has 2 nitrogen and oxygen atoms in total. The van der Waals surface area contributed by atoms with Gasteiger partial charge in [-0.1, -0.05) is 6.92 Å². The molecule has 4 heteroatoms. The first-order valence-electron chi connectivity index (χ1n) is 7.90. The summed E-state index contributed by atoms with van der Waals surface area (Å²) in [5.41, 5.74) is 1.56. The van der Waals surface area contributed by atoms with Crippen LogP contribution < -0.4 is 5.32 Å². The molecule has 0 radical (unpaired) electrons. The average Bonchev–Trinajstić information content (AvgIpc) is 3.22. The fourth-order valence-electron chi connectivity index (χ4n) is 2.78. The summed E-state index contributed by atoms with van der Waals surface area (Å²) in [6.07, 6.45) is 4.06. The van der Waals surface area contributed by atoms with Gasteiger partial charge in [-0.2, -0.15) is 11.8 Å². The quantitative estimate of drug-likeness (QED) is 0.863. The predicted octanol–water partition coefficient (Wildman–Crippen LogP) is 3.64. The van der Waals surface area contributed by atoms with Crippen molar-refractivity contribution < 1.29 is 0 Å². The maximum absolute atomic E-state index is 3.63. The Hall–Kier alpha value is -0.0300. The van der Waals surface area contributed by atoms with Crippen molar-refractivity contribution in [2.75, 3.05) is 18.8 Å². The lowest BCUT2D eigenvalue weighted by atomic mass is 10.2. The summed E-state index contributed by atoms with van der Waals surface area (Å²) in [6.45, 7) is 9.36. The van der Waals surface area contributed by atoms with Crippen LogP contribution in [0.2, 0.25) is 0 Å². The minimum absolute atomic E-state index is 0.810. The largest absolute Gasteiger partial charge is 0.309 e. The first-order chi connectivity index (χ1) is 9.74. The lowest BCUT2D eigenvalue weighted by Crippen LogP contribution is -2.37. The van der Waals surface area contributed by atoms with Gasteiger partial charge in [-0.3, -0.25) is 4.90 Å². The van der Waals surface area contributed by atoms with E-state index < -0.39 is 0 Å². The SMILES string of the molecule is CCC1CN(Cc2cc(CNC3CC3)sc2C)CCS1. The van der Waals surface area contributed by atoms with E-state index in [9.17, 15) is 0 Å². The van der Waals surface area contributed by atoms with E-state index in [1.54, 1.807) is 5.56 Å². The summed E-state index contributed by atoms with van der Waals surface area (Å²) in [4.78, 5) is 5.68. The normalized spacial score (nSPS) is 24.2. The molecule has 1 saturated heterocycles. The van der Waals surface area contributed by atoms with Gasteiger partial charge in [0.1, 0.15) is 0 Å². The summed E-state index contributed by atoms with van der Waals surface area (Å²) < 4.78 is 0. The Morgan fingerprint density at radius 3 is 3.00 bits per heavy atom. The van der Waals surface area contributed by atoms with Crippen LogP contribution in [0, 0.1) is 6.92 Å². The standard InChI is InChI=1S/C16H26N2S2/c1-3-15-11-18(6-7-19-15)10-13-8-16(20-12(13)2)9-17-14-4-5-14/h8,14-15,17H,3-7,9-11H2,1-2H3. The summed E-state index contributed by atoms with van der Waals surface area (Å²) in [5.74, 6) is 1.30. The molecule has 1 aromatic rings. The molecule has 1 aliphatic heterocycles. The van der Waals surface area contributed by atoms with E-state index in [1.807, 2.05) is 11.3 Å². The van der Waals surface area contributed by atoms with E-state index in [2.05, 4.69) is 41.9 Å². The van der Waals surface area contributed by atoms with Crippen LogP contribution in [-0.2, 0) is 13.1 Å². The number of rotatable bonds is 6. The van der Waals surface area contributed by atoms with E-state index in [4.69, 9.17) is 0 Å². The van der Waals surface area contributed by atoms with Crippen molar-refractivity contribution in [1.29, 1.82) is 0 Å². The second kappa shape index (κ2) is 6.82. The molecule has 3 rings (SSSR count). The highest BCUT2D eigenvalue weighted by atomic mass is 32.2. The monoisotopic (exact) mass is 310 g/mol. The van der Waals surface area contributed by atoms with Gasteiger partial charge < -0.3 is 5.32 Å². The maximum Gasteiger partial charge on any atom is 0.0302 e. The van der Waals surface area contributed by atoms with E-state index >= 15 is 0 Å². The molecule has 20 heavy (non-hydrogen) atoms. The fraction of sp³-hybridized carbons (Fsp3) is 0.750. The molecule has 0 spiro atoms. The summed E-state index contributed by atoms with van der Waals surface area (Å²) in [7, 11) is 0. The molecule has 0 bridgehead atoms. The topological polar surface area (TPSA) is 15.3 Å². The zero-order valence-electron chi connectivity index (χ0n) is 12.7. The van der Waals surface area contributed by atoms with Gasteiger partial charge in [0.15, 0.2) is 0 Å². The molecule has 1 saturated carbocycles. The van der Waals surface area contributed by atoms with Crippen LogP contribution in [0.5, 0.6) is 0 Å². The van der Waals surface area contributed by atoms with E-state index in [0.717, 1.165) is 24.4 Å². The molecular formula is C16H26N2S2. The van der Waals surface area contributed by atoms with E-state index in [0.29, 0.717) is 0 Å². The Morgan fingerprint density at radius 1 is 1.40 bits per heavy atom. The Labute approximate surface area is 131 Å². The lowest BCUT2D eigenvalue weighted by molar-refractivity contribution is 0.273. The molecule has 1 aliphatic carbocycles. The highest BCUT2D eigenvalue weighted by Gasteiger charge is 2.22. The van der Waals surface area contributed by atoms with Crippen molar-refractivity contribution in [3.63, 3.8) is 0 Å². The van der Waals surface area contributed by atoms with Gasteiger partial charge in [0.05, 0.1) is 0 Å². The summed E-state index contributed by atoms with van der Waals surface area (Å²) in [5, 5.41) is 4.47. The van der Waals surface area contributed by atoms with E-state index in [1.165, 1.54) is 47.9 Å². The van der Waals surface area contributed by atoms with Gasteiger partial charge >= 0.3 is 0 Å². The lowest BCUT2D eigenvalue weighted by Gasteiger charge is -2.31. The molecule has 2 fully saturated rings. The second-order valence-corrected chi connectivity index (χ2v) is 8.83. The number of hydrogen-bond acceptors (Lipinski definition) is 4. The van der Waals surface area contributed by atoms with Gasteiger partial charge in [0.2, 0.25) is 0 Å². The van der Waals surface area contributed by atoms with Crippen molar-refractivity contribution in [3.05, 3.63) is 21.4 Å². The van der Waals surface area contributed by atoms with Crippen LogP contribution in [0.25, 0.3) is 0 Å². The highest BCUT2D eigenvalue weighted by molar-refractivity contribution is 8.00. The van der Waals surface area contributed by atoms with Crippen molar-refractivity contribution in [2.24, 2.45) is 0 Å². The number of nitrogens with zero attached hydrogens (tertiary/aromatic N) is 1. The first-order valence-corrected chi connectivity index (χ1v) is 9.76. The predicted molar refractivity (Wildman–Crippen MR) is 90.7 cm³/mol. The molecule has 2 aliphatic rings. The Bertz CT molecular complexity index is 440. The fourth-order valence-corrected chi connectivity index (χ4v) is 5.03. The van der Waals surface area contributed by atoms with Gasteiger partial charge in [0, 0.05) is 53.0 Å². The van der Waals surface area contributed by atoms with Crippen LogP contribution in [0.1, 0.15) is 41.5 Å². The third-order valence-electron chi connectivity index (χ3n) is 4.29. The smallest absolute Gasteiger partial charge is 0.0302 e. The molecule has 1 N–H and O–H groups in total. The van der Waals surface area contributed by atoms with Crippen molar-refractivity contribution >= 4 is 23.1 Å². The number of aryl methyl sites for hydroxylation is 1. The van der Waals surface area contributed by atoms with Crippen molar-refractivity contribution in [1.82, 2.24) is 10.2 Å². The van der Waals surface area contributed by atoms with Crippen LogP contribution in [-0.4, -0.2) is 35.0 Å². The summed E-state index contributed by atoms with van der Waals surface area (Å²) >= 11 is 4.14. The Balaban J connectivity index is 1.55. The van der Waals surface area contributed by atoms with Gasteiger partial charge in [-0.15, -0.1) is 11.3 Å². The minimum atomic E-state index is 0.810. The third kappa shape index (κ3) is 4.00. The van der Waals surface area contributed by atoms with Gasteiger partial charge in [0.25, 0.3) is 0 Å². The van der Waals surface area contributed by atoms with Crippen LogP contribution in [0.4, 0.5) is 0 Å². The zero-order valence-corrected chi connectivity index (χ0v) is 14.3. The number of nitrogens with one attached hydrogen (secondary N) is 1. The zero-order chi connectivity index (χ0) is 13.9. The molecule has 1 atom stereocenters. The number of thiophene rings is 1. The second-order valence-electron chi connectivity index (χ2n) is 6.09. The van der Waals surface area contributed by atoms with Gasteiger partial charge in [-0.05, 0) is 37.8 Å². The Morgan fingerprint density at radius 2 is 2.25 bits per heavy atom. The molecule has 2 heterocycles. The van der Waals surface area contributed by atoms with Crippen molar-refractivity contribution in [3.8, 4) is 0 Å². The van der Waals surface area contributed by atoms with Gasteiger partial charge in [-0.25, -0.2) is 0 Å². The molecule has 1 unspecified atom stereocenters. The highest BCUT2D eigenvalue weighted by Crippen LogP contribution is 2.27. The first kappa shape index (κ1) is 14.9. The van der Waals surface area contributed by atoms with Crippen LogP contribution in [0.3, 0.4) is 0 Å². The molecule has 0 aromatic carbocycles. The maximum atomic E-state index is 3.63. The molecule has 112 valence electrons. The Kier molecular flexibility index (Phi) is 5.08. The van der Waals surface area contributed by atoms with E-state index in [-0.39, 0.29) is 0 Å². The summed E-state index contributed by atoms with van der Waals surface area (Å²) in [6, 6.07) is 3.25. The minimum Gasteiger partial charge on any atom is -0.309 e. The third-order valence-corrected chi connectivity index (χ3v) is 6.75. The van der Waals surface area contributed by atoms with Crippen molar-refractivity contribution in [2.45, 2.75) is 57.5 Å². The molecular weight excluding hydrogens is 284 g/mol. The number of hydrogen-bond donors (Lipinski definition) is 1.